The first kappa shape index (κ1) is 19.6. The van der Waals surface area contributed by atoms with Crippen molar-refractivity contribution >= 4 is 21.7 Å². The Labute approximate surface area is 156 Å². The molecule has 8 heteroatoms. The molecule has 2 amide bonds. The van der Waals surface area contributed by atoms with Crippen molar-refractivity contribution in [3.8, 4) is 0 Å². The SMILES string of the molecule is CS(=O)(=O)C1(C(=O)N2CCN(C(=O)C3CCCCC3)CC2)CCNCC1. The van der Waals surface area contributed by atoms with Crippen LogP contribution in [0, 0.1) is 5.92 Å². The van der Waals surface area contributed by atoms with Crippen molar-refractivity contribution in [1.82, 2.24) is 15.1 Å². The van der Waals surface area contributed by atoms with Crippen LogP contribution in [0.2, 0.25) is 0 Å². The van der Waals surface area contributed by atoms with Crippen molar-refractivity contribution < 1.29 is 18.0 Å². The van der Waals surface area contributed by atoms with Gasteiger partial charge in [-0.1, -0.05) is 19.3 Å². The van der Waals surface area contributed by atoms with Crippen molar-refractivity contribution in [2.24, 2.45) is 5.92 Å². The van der Waals surface area contributed by atoms with Gasteiger partial charge in [-0.2, -0.15) is 0 Å². The lowest BCUT2D eigenvalue weighted by Gasteiger charge is -2.42. The fourth-order valence-electron chi connectivity index (χ4n) is 4.60. The summed E-state index contributed by atoms with van der Waals surface area (Å²) in [6, 6.07) is 0. The molecular formula is C18H31N3O4S. The van der Waals surface area contributed by atoms with E-state index in [1.807, 2.05) is 4.90 Å². The Hall–Kier alpha value is -1.15. The van der Waals surface area contributed by atoms with E-state index in [-0.39, 0.29) is 17.7 Å². The van der Waals surface area contributed by atoms with Crippen LogP contribution < -0.4 is 5.32 Å². The van der Waals surface area contributed by atoms with Gasteiger partial charge < -0.3 is 15.1 Å². The van der Waals surface area contributed by atoms with Crippen molar-refractivity contribution in [1.29, 1.82) is 0 Å². The predicted molar refractivity (Wildman–Crippen MR) is 99.4 cm³/mol. The highest BCUT2D eigenvalue weighted by Gasteiger charge is 2.50. The van der Waals surface area contributed by atoms with Crippen LogP contribution in [-0.4, -0.2) is 80.3 Å². The Morgan fingerprint density at radius 2 is 1.46 bits per heavy atom. The molecule has 0 bridgehead atoms. The normalized spacial score (nSPS) is 25.1. The van der Waals surface area contributed by atoms with Crippen LogP contribution in [0.5, 0.6) is 0 Å². The van der Waals surface area contributed by atoms with Gasteiger partial charge in [0.1, 0.15) is 0 Å². The van der Waals surface area contributed by atoms with Crippen molar-refractivity contribution in [2.75, 3.05) is 45.5 Å². The van der Waals surface area contributed by atoms with Gasteiger partial charge in [0.25, 0.3) is 0 Å². The van der Waals surface area contributed by atoms with Crippen LogP contribution in [0.25, 0.3) is 0 Å². The third-order valence-electron chi connectivity index (χ3n) is 6.34. The van der Waals surface area contributed by atoms with Gasteiger partial charge >= 0.3 is 0 Å². The smallest absolute Gasteiger partial charge is 0.244 e. The molecule has 3 aliphatic rings. The summed E-state index contributed by atoms with van der Waals surface area (Å²) >= 11 is 0. The van der Waals surface area contributed by atoms with E-state index in [1.165, 1.54) is 12.7 Å². The van der Waals surface area contributed by atoms with Crippen LogP contribution in [0.4, 0.5) is 0 Å². The van der Waals surface area contributed by atoms with Gasteiger partial charge in [0.2, 0.25) is 11.8 Å². The Kier molecular flexibility index (Phi) is 5.91. The van der Waals surface area contributed by atoms with Crippen molar-refractivity contribution in [3.05, 3.63) is 0 Å². The minimum atomic E-state index is -3.49. The summed E-state index contributed by atoms with van der Waals surface area (Å²) in [6.45, 7) is 2.97. The van der Waals surface area contributed by atoms with Gasteiger partial charge in [0, 0.05) is 38.4 Å². The zero-order chi connectivity index (χ0) is 18.8. The van der Waals surface area contributed by atoms with E-state index in [0.717, 1.165) is 25.7 Å². The predicted octanol–water partition coefficient (Wildman–Crippen LogP) is 0.404. The maximum atomic E-state index is 13.1. The van der Waals surface area contributed by atoms with Crippen LogP contribution in [0.15, 0.2) is 0 Å². The highest BCUT2D eigenvalue weighted by Crippen LogP contribution is 2.31. The third kappa shape index (κ3) is 3.76. The molecule has 1 N–H and O–H groups in total. The van der Waals surface area contributed by atoms with Crippen LogP contribution >= 0.6 is 0 Å². The van der Waals surface area contributed by atoms with E-state index >= 15 is 0 Å². The van der Waals surface area contributed by atoms with E-state index < -0.39 is 14.6 Å². The Morgan fingerprint density at radius 1 is 0.923 bits per heavy atom. The number of piperazine rings is 1. The maximum Gasteiger partial charge on any atom is 0.244 e. The fourth-order valence-corrected chi connectivity index (χ4v) is 5.99. The first-order valence-corrected chi connectivity index (χ1v) is 11.7. The van der Waals surface area contributed by atoms with E-state index in [1.54, 1.807) is 4.90 Å². The van der Waals surface area contributed by atoms with Gasteiger partial charge in [0.15, 0.2) is 14.6 Å². The second-order valence-electron chi connectivity index (χ2n) is 7.97. The first-order chi connectivity index (χ1) is 12.3. The number of carbonyl (C=O) groups excluding carboxylic acids is 2. The minimum Gasteiger partial charge on any atom is -0.339 e. The number of hydrogen-bond acceptors (Lipinski definition) is 5. The molecule has 0 radical (unpaired) electrons. The van der Waals surface area contributed by atoms with Crippen molar-refractivity contribution in [2.45, 2.75) is 49.7 Å². The quantitative estimate of drug-likeness (QED) is 0.760. The molecule has 0 aromatic heterocycles. The summed E-state index contributed by atoms with van der Waals surface area (Å²) in [5.74, 6) is 0.0838. The second-order valence-corrected chi connectivity index (χ2v) is 10.3. The summed E-state index contributed by atoms with van der Waals surface area (Å²) in [4.78, 5) is 29.3. The van der Waals surface area contributed by atoms with Gasteiger partial charge in [-0.05, 0) is 38.8 Å². The minimum absolute atomic E-state index is 0.137. The molecule has 2 saturated heterocycles. The Morgan fingerprint density at radius 3 is 2.00 bits per heavy atom. The van der Waals surface area contributed by atoms with Gasteiger partial charge in [-0.15, -0.1) is 0 Å². The van der Waals surface area contributed by atoms with E-state index in [4.69, 9.17) is 0 Å². The number of nitrogens with one attached hydrogen (secondary N) is 1. The largest absolute Gasteiger partial charge is 0.339 e. The average Bonchev–Trinajstić information content (AvgIpc) is 2.67. The van der Waals surface area contributed by atoms with Gasteiger partial charge in [-0.25, -0.2) is 8.42 Å². The standard InChI is InChI=1S/C18H31N3O4S/c1-26(24,25)18(7-9-19-10-8-18)17(23)21-13-11-20(12-14-21)16(22)15-5-3-2-4-6-15/h15,19H,2-14H2,1H3. The highest BCUT2D eigenvalue weighted by atomic mass is 32.2. The fraction of sp³-hybridized carbons (Fsp3) is 0.889. The molecule has 26 heavy (non-hydrogen) atoms. The number of piperidine rings is 1. The third-order valence-corrected chi connectivity index (χ3v) is 8.35. The number of hydrogen-bond donors (Lipinski definition) is 1. The average molecular weight is 386 g/mol. The Balaban J connectivity index is 1.63. The summed E-state index contributed by atoms with van der Waals surface area (Å²) in [7, 11) is -3.49. The van der Waals surface area contributed by atoms with E-state index in [0.29, 0.717) is 52.1 Å². The van der Waals surface area contributed by atoms with E-state index in [2.05, 4.69) is 5.32 Å². The molecular weight excluding hydrogens is 354 g/mol. The molecule has 3 rings (SSSR count). The molecule has 0 aromatic carbocycles. The van der Waals surface area contributed by atoms with Crippen molar-refractivity contribution in [3.63, 3.8) is 0 Å². The molecule has 0 aromatic rings. The van der Waals surface area contributed by atoms with Gasteiger partial charge in [-0.3, -0.25) is 9.59 Å². The monoisotopic (exact) mass is 385 g/mol. The molecule has 148 valence electrons. The van der Waals surface area contributed by atoms with Crippen LogP contribution in [0.3, 0.4) is 0 Å². The molecule has 0 spiro atoms. The maximum absolute atomic E-state index is 13.1. The summed E-state index contributed by atoms with van der Waals surface area (Å²) in [5.41, 5.74) is 0. The zero-order valence-corrected chi connectivity index (χ0v) is 16.5. The number of sulfone groups is 1. The topological polar surface area (TPSA) is 86.8 Å². The highest BCUT2D eigenvalue weighted by molar-refractivity contribution is 7.92. The molecule has 0 unspecified atom stereocenters. The summed E-state index contributed by atoms with van der Waals surface area (Å²) in [5, 5.41) is 3.14. The molecule has 2 aliphatic heterocycles. The number of carbonyl (C=O) groups is 2. The molecule has 1 saturated carbocycles. The number of rotatable bonds is 3. The lowest BCUT2D eigenvalue weighted by Crippen LogP contribution is -2.61. The summed E-state index contributed by atoms with van der Waals surface area (Å²) in [6.07, 6.45) is 7.25. The second kappa shape index (κ2) is 7.84. The van der Waals surface area contributed by atoms with Gasteiger partial charge in [0.05, 0.1) is 0 Å². The molecule has 7 nitrogen and oxygen atoms in total. The first-order valence-electron chi connectivity index (χ1n) is 9.84. The van der Waals surface area contributed by atoms with Crippen LogP contribution in [-0.2, 0) is 19.4 Å². The number of amides is 2. The number of nitrogens with zero attached hydrogens (tertiary/aromatic N) is 2. The van der Waals surface area contributed by atoms with E-state index in [9.17, 15) is 18.0 Å². The molecule has 3 fully saturated rings. The summed E-state index contributed by atoms with van der Waals surface area (Å²) < 4.78 is 23.6. The zero-order valence-electron chi connectivity index (χ0n) is 15.7. The van der Waals surface area contributed by atoms with Crippen LogP contribution in [0.1, 0.15) is 44.9 Å². The lowest BCUT2D eigenvalue weighted by molar-refractivity contribution is -0.144. The lowest BCUT2D eigenvalue weighted by atomic mass is 9.88. The molecule has 2 heterocycles. The molecule has 0 atom stereocenters. The Bertz CT molecular complexity index is 629. The molecule has 1 aliphatic carbocycles.